The molecule has 3 aromatic rings. The van der Waals surface area contributed by atoms with Gasteiger partial charge in [0.05, 0.1) is 6.20 Å². The number of hydrogen-bond acceptors (Lipinski definition) is 7. The number of rotatable bonds is 5. The van der Waals surface area contributed by atoms with E-state index in [1.54, 1.807) is 12.3 Å². The van der Waals surface area contributed by atoms with Crippen LogP contribution in [0.1, 0.15) is 12.8 Å². The molecular formula is C23H26N6O. The predicted octanol–water partition coefficient (Wildman–Crippen LogP) is 3.14. The Hall–Kier alpha value is -3.19. The molecule has 7 nitrogen and oxygen atoms in total. The molecule has 0 radical (unpaired) electrons. The van der Waals surface area contributed by atoms with Crippen molar-refractivity contribution in [3.8, 4) is 28.1 Å². The lowest BCUT2D eigenvalue weighted by molar-refractivity contribution is 0.414. The average Bonchev–Trinajstić information content (AvgIpc) is 3.65. The minimum atomic E-state index is 0.171. The van der Waals surface area contributed by atoms with Gasteiger partial charge < -0.3 is 20.6 Å². The first-order valence-electron chi connectivity index (χ1n) is 10.5. The molecule has 1 atom stereocenters. The van der Waals surface area contributed by atoms with Crippen molar-refractivity contribution in [1.82, 2.24) is 20.5 Å². The van der Waals surface area contributed by atoms with Gasteiger partial charge in [-0.1, -0.05) is 18.2 Å². The lowest BCUT2D eigenvalue weighted by Gasteiger charge is -2.33. The van der Waals surface area contributed by atoms with E-state index in [2.05, 4.69) is 30.7 Å². The minimum Gasteiger partial charge on any atom is -0.507 e. The average molecular weight is 403 g/mol. The zero-order chi connectivity index (χ0) is 20.5. The standard InChI is InChI=1S/C23H26N6O/c1-24-18-7-4-15(5-8-18)17-6-9-19(22(30)12-17)20-13-26-23(28-27-20)29-11-10-25-21(14-29)16-2-3-16/h4-9,12-13,16,21,24-25,30H,2-3,10-11,14H2,1H3/t21-/m1/s1. The van der Waals surface area contributed by atoms with Gasteiger partial charge >= 0.3 is 0 Å². The Balaban J connectivity index is 1.33. The molecule has 2 heterocycles. The van der Waals surface area contributed by atoms with E-state index in [9.17, 15) is 5.11 Å². The first-order valence-corrected chi connectivity index (χ1v) is 10.5. The first kappa shape index (κ1) is 18.8. The molecule has 154 valence electrons. The molecule has 1 saturated carbocycles. The zero-order valence-corrected chi connectivity index (χ0v) is 17.0. The Labute approximate surface area is 176 Å². The van der Waals surface area contributed by atoms with Crippen LogP contribution in [0.2, 0.25) is 0 Å². The fraction of sp³-hybridized carbons (Fsp3) is 0.348. The van der Waals surface area contributed by atoms with Gasteiger partial charge in [-0.25, -0.2) is 4.98 Å². The summed E-state index contributed by atoms with van der Waals surface area (Å²) in [4.78, 5) is 6.74. The van der Waals surface area contributed by atoms with Crippen LogP contribution in [-0.4, -0.2) is 53.0 Å². The summed E-state index contributed by atoms with van der Waals surface area (Å²) in [6, 6.07) is 14.2. The maximum Gasteiger partial charge on any atom is 0.245 e. The molecule has 7 heteroatoms. The van der Waals surface area contributed by atoms with Crippen LogP contribution in [0.5, 0.6) is 5.75 Å². The van der Waals surface area contributed by atoms with Crippen LogP contribution >= 0.6 is 0 Å². The van der Waals surface area contributed by atoms with Gasteiger partial charge in [0.25, 0.3) is 0 Å². The molecule has 0 bridgehead atoms. The van der Waals surface area contributed by atoms with Crippen LogP contribution in [-0.2, 0) is 0 Å². The van der Waals surface area contributed by atoms with Crippen LogP contribution in [0.4, 0.5) is 11.6 Å². The summed E-state index contributed by atoms with van der Waals surface area (Å²) in [5, 5.41) is 26.0. The Morgan fingerprint density at radius 3 is 2.53 bits per heavy atom. The topological polar surface area (TPSA) is 86.2 Å². The van der Waals surface area contributed by atoms with E-state index in [-0.39, 0.29) is 5.75 Å². The van der Waals surface area contributed by atoms with E-state index in [0.717, 1.165) is 42.4 Å². The first-order chi connectivity index (χ1) is 14.7. The third kappa shape index (κ3) is 3.80. The van der Waals surface area contributed by atoms with Gasteiger partial charge in [0.2, 0.25) is 5.95 Å². The van der Waals surface area contributed by atoms with Crippen molar-refractivity contribution in [2.75, 3.05) is 36.9 Å². The largest absolute Gasteiger partial charge is 0.507 e. The molecule has 1 aliphatic heterocycles. The number of phenols is 1. The van der Waals surface area contributed by atoms with Crippen molar-refractivity contribution >= 4 is 11.6 Å². The van der Waals surface area contributed by atoms with Gasteiger partial charge in [-0.2, -0.15) is 0 Å². The lowest BCUT2D eigenvalue weighted by atomic mass is 10.0. The maximum absolute atomic E-state index is 10.6. The van der Waals surface area contributed by atoms with Gasteiger partial charge in [-0.15, -0.1) is 10.2 Å². The molecule has 2 fully saturated rings. The summed E-state index contributed by atoms with van der Waals surface area (Å²) < 4.78 is 0. The molecular weight excluding hydrogens is 376 g/mol. The smallest absolute Gasteiger partial charge is 0.245 e. The Bertz CT molecular complexity index is 1020. The Morgan fingerprint density at radius 2 is 1.87 bits per heavy atom. The number of nitrogens with zero attached hydrogens (tertiary/aromatic N) is 4. The van der Waals surface area contributed by atoms with Crippen molar-refractivity contribution in [2.45, 2.75) is 18.9 Å². The number of aromatic hydroxyl groups is 1. The molecule has 30 heavy (non-hydrogen) atoms. The quantitative estimate of drug-likeness (QED) is 0.604. The van der Waals surface area contributed by atoms with Crippen LogP contribution in [0.25, 0.3) is 22.4 Å². The molecule has 1 aromatic heterocycles. The second-order valence-electron chi connectivity index (χ2n) is 8.05. The van der Waals surface area contributed by atoms with E-state index in [4.69, 9.17) is 0 Å². The molecule has 5 rings (SSSR count). The van der Waals surface area contributed by atoms with Crippen LogP contribution in [0, 0.1) is 5.92 Å². The summed E-state index contributed by atoms with van der Waals surface area (Å²) in [6.45, 7) is 2.76. The molecule has 0 amide bonds. The number of hydrogen-bond donors (Lipinski definition) is 3. The molecule has 3 N–H and O–H groups in total. The van der Waals surface area contributed by atoms with Crippen molar-refractivity contribution in [1.29, 1.82) is 0 Å². The highest BCUT2D eigenvalue weighted by Crippen LogP contribution is 2.35. The fourth-order valence-electron chi connectivity index (χ4n) is 4.07. The number of aromatic nitrogens is 3. The Morgan fingerprint density at radius 1 is 1.07 bits per heavy atom. The highest BCUT2D eigenvalue weighted by molar-refractivity contribution is 5.74. The summed E-state index contributed by atoms with van der Waals surface area (Å²) in [5.41, 5.74) is 4.24. The van der Waals surface area contributed by atoms with E-state index in [0.29, 0.717) is 23.2 Å². The second kappa shape index (κ2) is 7.91. The number of benzene rings is 2. The minimum absolute atomic E-state index is 0.171. The van der Waals surface area contributed by atoms with Gasteiger partial charge in [0.15, 0.2) is 0 Å². The van der Waals surface area contributed by atoms with Crippen molar-refractivity contribution in [3.05, 3.63) is 48.7 Å². The number of piperazine rings is 1. The summed E-state index contributed by atoms with van der Waals surface area (Å²) in [6.07, 6.45) is 4.34. The van der Waals surface area contributed by atoms with Gasteiger partial charge in [0, 0.05) is 44.0 Å². The predicted molar refractivity (Wildman–Crippen MR) is 119 cm³/mol. The second-order valence-corrected chi connectivity index (χ2v) is 8.05. The normalized spacial score (nSPS) is 19.0. The molecule has 1 saturated heterocycles. The lowest BCUT2D eigenvalue weighted by Crippen LogP contribution is -2.52. The third-order valence-electron chi connectivity index (χ3n) is 6.01. The number of anilines is 2. The molecule has 1 aliphatic carbocycles. The van der Waals surface area contributed by atoms with Gasteiger partial charge in [-0.3, -0.25) is 0 Å². The number of phenolic OH excluding ortho intramolecular Hbond substituents is 1. The SMILES string of the molecule is CNc1ccc(-c2ccc(-c3cnc(N4CCN[C@@H](C5CC5)C4)nn3)c(O)c2)cc1. The number of nitrogens with one attached hydrogen (secondary N) is 2. The zero-order valence-electron chi connectivity index (χ0n) is 17.0. The van der Waals surface area contributed by atoms with Gasteiger partial charge in [0.1, 0.15) is 11.4 Å². The van der Waals surface area contributed by atoms with Crippen molar-refractivity contribution in [3.63, 3.8) is 0 Å². The fourth-order valence-corrected chi connectivity index (χ4v) is 4.07. The molecule has 2 aromatic carbocycles. The van der Waals surface area contributed by atoms with Crippen LogP contribution in [0.3, 0.4) is 0 Å². The van der Waals surface area contributed by atoms with E-state index >= 15 is 0 Å². The maximum atomic E-state index is 10.6. The summed E-state index contributed by atoms with van der Waals surface area (Å²) in [5.74, 6) is 1.63. The monoisotopic (exact) mass is 402 g/mol. The van der Waals surface area contributed by atoms with Crippen LogP contribution < -0.4 is 15.5 Å². The molecule has 0 spiro atoms. The molecule has 0 unspecified atom stereocenters. The summed E-state index contributed by atoms with van der Waals surface area (Å²) >= 11 is 0. The highest BCUT2D eigenvalue weighted by Gasteiger charge is 2.34. The van der Waals surface area contributed by atoms with E-state index < -0.39 is 0 Å². The summed E-state index contributed by atoms with van der Waals surface area (Å²) in [7, 11) is 1.89. The van der Waals surface area contributed by atoms with Gasteiger partial charge in [-0.05, 0) is 54.2 Å². The molecule has 2 aliphatic rings. The Kier molecular flexibility index (Phi) is 4.96. The van der Waals surface area contributed by atoms with Crippen LogP contribution in [0.15, 0.2) is 48.7 Å². The van der Waals surface area contributed by atoms with Crippen molar-refractivity contribution in [2.24, 2.45) is 5.92 Å². The van der Waals surface area contributed by atoms with Crippen molar-refractivity contribution < 1.29 is 5.11 Å². The highest BCUT2D eigenvalue weighted by atomic mass is 16.3. The van der Waals surface area contributed by atoms with E-state index in [1.807, 2.05) is 43.4 Å². The third-order valence-corrected chi connectivity index (χ3v) is 6.01. The van der Waals surface area contributed by atoms with E-state index in [1.165, 1.54) is 12.8 Å².